The third-order valence-electron chi connectivity index (χ3n) is 5.74. The summed E-state index contributed by atoms with van der Waals surface area (Å²) in [7, 11) is 0. The minimum Gasteiger partial charge on any atom is -0.543 e. The molecule has 5 heterocycles. The maximum Gasteiger partial charge on any atom is 0.404 e. The number of imidazole rings is 1. The van der Waals surface area contributed by atoms with Gasteiger partial charge in [-0.15, -0.1) is 11.8 Å². The zero-order chi connectivity index (χ0) is 28.6. The van der Waals surface area contributed by atoms with Crippen LogP contribution in [0.5, 0.6) is 0 Å². The fourth-order valence-corrected chi connectivity index (χ4v) is 6.78. The molecule has 3 aromatic rings. The molecule has 2 aliphatic heterocycles. The average molecular weight is 612 g/mol. The summed E-state index contributed by atoms with van der Waals surface area (Å²) < 4.78 is 24.7. The van der Waals surface area contributed by atoms with Crippen molar-refractivity contribution >= 4 is 74.2 Å². The van der Waals surface area contributed by atoms with Crippen LogP contribution in [0.4, 0.5) is 14.3 Å². The molecule has 0 aromatic carbocycles. The monoisotopic (exact) mass is 611 g/mol. The molecule has 3 amide bonds. The van der Waals surface area contributed by atoms with Crippen LogP contribution in [0.15, 0.2) is 34.3 Å². The van der Waals surface area contributed by atoms with Gasteiger partial charge in [-0.05, 0) is 0 Å². The number of carbonyl (C=O) groups excluding carboxylic acids is 4. The number of nitrogens with one attached hydrogen (secondary N) is 1. The standard InChI is InChI=1S/C20H18FN9O7S3/c21-6-37-26-11(14-25-19(22)40-27-14)15(31)24-12-16(32)30-13(18(33)34)8(4-39-17(12)30)1-28-2-10-29(7-28)9(5-38-10)3-36-20(23)35/h2,5,7,12,17H,1,3-4,6H2,(H5-,22,23,24,25,27,31,33,34,35)/b26-11-/t12-,17-/m1/s1. The molecule has 0 unspecified atom stereocenters. The van der Waals surface area contributed by atoms with Crippen molar-refractivity contribution in [2.24, 2.45) is 10.9 Å². The van der Waals surface area contributed by atoms with Gasteiger partial charge in [0.2, 0.25) is 22.7 Å². The van der Waals surface area contributed by atoms with Crippen molar-refractivity contribution in [2.45, 2.75) is 24.6 Å². The number of hydrogen-bond acceptors (Lipinski definition) is 14. The number of carboxylic acid groups (broad SMARTS) is 1. The molecular weight excluding hydrogens is 593 g/mol. The number of aromatic nitrogens is 4. The minimum absolute atomic E-state index is 0.0249. The van der Waals surface area contributed by atoms with Crippen molar-refractivity contribution < 1.29 is 42.8 Å². The summed E-state index contributed by atoms with van der Waals surface area (Å²) in [5, 5.41) is 19.0. The Morgan fingerprint density at radius 3 is 2.85 bits per heavy atom. The smallest absolute Gasteiger partial charge is 0.404 e. The molecule has 5 rings (SSSR count). The largest absolute Gasteiger partial charge is 0.543 e. The number of fused-ring (bicyclic) bond motifs is 2. The van der Waals surface area contributed by atoms with Gasteiger partial charge in [0.25, 0.3) is 18.7 Å². The molecule has 5 N–H and O–H groups in total. The van der Waals surface area contributed by atoms with E-state index in [4.69, 9.17) is 16.2 Å². The van der Waals surface area contributed by atoms with Crippen molar-refractivity contribution in [1.29, 1.82) is 0 Å². The zero-order valence-electron chi connectivity index (χ0n) is 20.0. The molecule has 16 nitrogen and oxygen atoms in total. The van der Waals surface area contributed by atoms with E-state index in [9.17, 15) is 28.7 Å². The Morgan fingerprint density at radius 2 is 2.17 bits per heavy atom. The first-order valence-electron chi connectivity index (χ1n) is 11.1. The normalized spacial score (nSPS) is 18.9. The van der Waals surface area contributed by atoms with Crippen LogP contribution in [0.25, 0.3) is 4.83 Å². The zero-order valence-corrected chi connectivity index (χ0v) is 22.5. The van der Waals surface area contributed by atoms with Crippen molar-refractivity contribution in [2.75, 3.05) is 18.3 Å². The first kappa shape index (κ1) is 27.3. The first-order valence-corrected chi connectivity index (χ1v) is 13.8. The van der Waals surface area contributed by atoms with Gasteiger partial charge >= 0.3 is 6.09 Å². The number of oxime groups is 1. The van der Waals surface area contributed by atoms with Gasteiger partial charge < -0.3 is 36.3 Å². The number of nitrogen functional groups attached to an aromatic ring is 1. The van der Waals surface area contributed by atoms with Gasteiger partial charge in [0.15, 0.2) is 17.4 Å². The molecule has 0 saturated carbocycles. The van der Waals surface area contributed by atoms with E-state index in [-0.39, 0.29) is 35.6 Å². The fourth-order valence-electron chi connectivity index (χ4n) is 4.09. The topological polar surface area (TPSA) is 224 Å². The number of rotatable bonds is 10. The summed E-state index contributed by atoms with van der Waals surface area (Å²) in [5.41, 5.74) is 10.9. The Labute approximate surface area is 235 Å². The summed E-state index contributed by atoms with van der Waals surface area (Å²) in [6.45, 7) is -1.24. The molecule has 2 atom stereocenters. The van der Waals surface area contributed by atoms with Crippen LogP contribution < -0.4 is 26.5 Å². The molecule has 0 spiro atoms. The Kier molecular flexibility index (Phi) is 7.54. The molecular formula is C20H18FN9O7S3. The van der Waals surface area contributed by atoms with E-state index in [2.05, 4.69) is 24.7 Å². The number of halogens is 1. The highest BCUT2D eigenvalue weighted by Gasteiger charge is 2.53. The summed E-state index contributed by atoms with van der Waals surface area (Å²) >= 11 is 3.39. The SMILES string of the molecule is NC(=O)OCc1csc2c[n+](CC3=C(C(=O)[O-])N4C(=O)[C@@H](NC(=O)/C(=N\OCF)c5nsc(N)n5)[C@H]4SC3)cn12. The van der Waals surface area contributed by atoms with E-state index in [1.54, 1.807) is 26.9 Å². The average Bonchev–Trinajstić information content (AvgIpc) is 3.62. The highest BCUT2D eigenvalue weighted by Crippen LogP contribution is 2.40. The third kappa shape index (κ3) is 5.14. The lowest BCUT2D eigenvalue weighted by atomic mass is 10.0. The number of thiazole rings is 1. The number of carboxylic acids is 1. The number of anilines is 1. The molecule has 0 radical (unpaired) electrons. The fraction of sp³-hybridized carbons (Fsp3) is 0.300. The second kappa shape index (κ2) is 11.1. The van der Waals surface area contributed by atoms with Crippen molar-refractivity contribution in [3.05, 3.63) is 40.7 Å². The van der Waals surface area contributed by atoms with Crippen molar-refractivity contribution in [1.82, 2.24) is 24.0 Å². The van der Waals surface area contributed by atoms with Crippen molar-refractivity contribution in [3.63, 3.8) is 0 Å². The third-order valence-corrected chi connectivity index (χ3v) is 8.55. The number of nitrogens with two attached hydrogens (primary N) is 2. The molecule has 0 bridgehead atoms. The van der Waals surface area contributed by atoms with Gasteiger partial charge in [-0.2, -0.15) is 13.8 Å². The van der Waals surface area contributed by atoms with E-state index >= 15 is 0 Å². The van der Waals surface area contributed by atoms with Crippen LogP contribution in [0.3, 0.4) is 0 Å². The lowest BCUT2D eigenvalue weighted by molar-refractivity contribution is -0.687. The van der Waals surface area contributed by atoms with Gasteiger partial charge in [0.1, 0.15) is 24.2 Å². The first-order chi connectivity index (χ1) is 19.2. The van der Waals surface area contributed by atoms with E-state index in [1.807, 2.05) is 0 Å². The number of nitrogens with zero attached hydrogens (tertiary/aromatic N) is 6. The molecule has 20 heteroatoms. The maximum absolute atomic E-state index is 13.0. The number of alkyl halides is 1. The number of primary amides is 1. The van der Waals surface area contributed by atoms with Gasteiger partial charge in [0, 0.05) is 28.2 Å². The predicted molar refractivity (Wildman–Crippen MR) is 135 cm³/mol. The highest BCUT2D eigenvalue weighted by atomic mass is 32.2. The summed E-state index contributed by atoms with van der Waals surface area (Å²) in [5.74, 6) is -3.17. The van der Waals surface area contributed by atoms with Gasteiger partial charge in [-0.1, -0.05) is 16.5 Å². The van der Waals surface area contributed by atoms with E-state index in [0.29, 0.717) is 11.3 Å². The van der Waals surface area contributed by atoms with Crippen LogP contribution in [0, 0.1) is 0 Å². The summed E-state index contributed by atoms with van der Waals surface area (Å²) in [4.78, 5) is 59.0. The van der Waals surface area contributed by atoms with E-state index < -0.39 is 47.9 Å². The number of hydrogen-bond donors (Lipinski definition) is 3. The molecule has 0 aliphatic carbocycles. The minimum atomic E-state index is -1.55. The van der Waals surface area contributed by atoms with Crippen LogP contribution in [-0.4, -0.2) is 72.3 Å². The predicted octanol–water partition coefficient (Wildman–Crippen LogP) is -1.93. The van der Waals surface area contributed by atoms with Gasteiger partial charge in [-0.3, -0.25) is 14.5 Å². The van der Waals surface area contributed by atoms with Crippen LogP contribution in [0.1, 0.15) is 11.5 Å². The molecule has 1 saturated heterocycles. The lowest BCUT2D eigenvalue weighted by Crippen LogP contribution is -2.71. The lowest BCUT2D eigenvalue weighted by Gasteiger charge is -2.50. The Bertz CT molecular complexity index is 1580. The molecule has 40 heavy (non-hydrogen) atoms. The summed E-state index contributed by atoms with van der Waals surface area (Å²) in [6, 6.07) is -1.11. The van der Waals surface area contributed by atoms with Crippen LogP contribution in [0.2, 0.25) is 0 Å². The molecule has 1 fully saturated rings. The van der Waals surface area contributed by atoms with E-state index in [1.165, 1.54) is 23.1 Å². The Balaban J connectivity index is 1.33. The number of amides is 3. The Hall–Kier alpha value is -4.30. The number of β-lactam (4-membered cyclic amide) rings is 1. The van der Waals surface area contributed by atoms with Gasteiger partial charge in [0.05, 0.1) is 11.7 Å². The molecule has 210 valence electrons. The van der Waals surface area contributed by atoms with Crippen LogP contribution in [-0.2, 0) is 37.1 Å². The van der Waals surface area contributed by atoms with E-state index in [0.717, 1.165) is 21.3 Å². The molecule has 2 aliphatic rings. The summed E-state index contributed by atoms with van der Waals surface area (Å²) in [6.07, 6.45) is 2.56. The Morgan fingerprint density at radius 1 is 1.38 bits per heavy atom. The number of carbonyl (C=O) groups is 4. The number of aliphatic carboxylic acids is 1. The van der Waals surface area contributed by atoms with Crippen molar-refractivity contribution in [3.8, 4) is 0 Å². The number of thioether (sulfide) groups is 1. The van der Waals surface area contributed by atoms with Gasteiger partial charge in [-0.25, -0.2) is 13.8 Å². The quantitative estimate of drug-likeness (QED) is 0.0990. The van der Waals surface area contributed by atoms with Crippen LogP contribution >= 0.6 is 34.6 Å². The number of ether oxygens (including phenoxy) is 1. The second-order valence-electron chi connectivity index (χ2n) is 8.19. The second-order valence-corrected chi connectivity index (χ2v) is 11.0. The maximum atomic E-state index is 13.0. The molecule has 3 aromatic heterocycles. The highest BCUT2D eigenvalue weighted by molar-refractivity contribution is 8.00.